The van der Waals surface area contributed by atoms with Crippen molar-refractivity contribution in [1.82, 2.24) is 5.01 Å². The lowest BCUT2D eigenvalue weighted by Crippen LogP contribution is -2.43. The molecule has 0 aromatic heterocycles. The summed E-state index contributed by atoms with van der Waals surface area (Å²) >= 11 is 3.27. The van der Waals surface area contributed by atoms with Crippen LogP contribution in [0.3, 0.4) is 0 Å². The number of hydrogen-bond acceptors (Lipinski definition) is 4. The molecule has 2 aromatic carbocycles. The van der Waals surface area contributed by atoms with E-state index >= 15 is 0 Å². The number of hydrazone groups is 1. The average Bonchev–Trinajstić information content (AvgIpc) is 2.85. The Morgan fingerprint density at radius 1 is 1.26 bits per heavy atom. The molecule has 0 bridgehead atoms. The molecule has 0 saturated heterocycles. The fraction of sp³-hybridized carbons (Fsp3) is 0.176. The Kier molecular flexibility index (Phi) is 3.95. The molecule has 1 aliphatic rings. The van der Waals surface area contributed by atoms with Gasteiger partial charge in [0.1, 0.15) is 5.75 Å². The van der Waals surface area contributed by atoms with E-state index in [1.165, 1.54) is 19.1 Å². The molecule has 0 aliphatic carbocycles. The Morgan fingerprint density at radius 3 is 2.65 bits per heavy atom. The first kappa shape index (κ1) is 15.7. The van der Waals surface area contributed by atoms with Crippen molar-refractivity contribution in [2.45, 2.75) is 19.1 Å². The van der Waals surface area contributed by atoms with Gasteiger partial charge in [-0.2, -0.15) is 10.1 Å². The topological polar surface area (TPSA) is 73.1 Å². The maximum absolute atomic E-state index is 12.7. The molecule has 0 radical (unpaired) electrons. The van der Waals surface area contributed by atoms with Crippen molar-refractivity contribution >= 4 is 27.5 Å². The van der Waals surface area contributed by atoms with Crippen molar-refractivity contribution in [3.8, 4) is 5.75 Å². The normalized spacial score (nSPS) is 20.5. The number of aromatic hydroxyl groups is 1. The van der Waals surface area contributed by atoms with E-state index in [4.69, 9.17) is 0 Å². The number of aliphatic hydroxyl groups is 1. The lowest BCUT2D eigenvalue weighted by Gasteiger charge is -2.27. The molecular weight excluding hydrogens is 360 g/mol. The SMILES string of the molecule is C[C@]1(O)CC(c2ccccc2)=NN1C(=O)c1cc(Br)ccc1O. The number of phenols is 1. The van der Waals surface area contributed by atoms with Crippen LogP contribution >= 0.6 is 15.9 Å². The summed E-state index contributed by atoms with van der Waals surface area (Å²) in [6.07, 6.45) is 0.220. The van der Waals surface area contributed by atoms with Gasteiger partial charge in [-0.05, 0) is 30.7 Å². The molecule has 23 heavy (non-hydrogen) atoms. The largest absolute Gasteiger partial charge is 0.507 e. The number of amides is 1. The Hall–Kier alpha value is -2.18. The first-order valence-corrected chi connectivity index (χ1v) is 7.86. The van der Waals surface area contributed by atoms with E-state index in [1.807, 2.05) is 30.3 Å². The maximum atomic E-state index is 12.7. The minimum Gasteiger partial charge on any atom is -0.507 e. The number of carbonyl (C=O) groups excluding carboxylic acids is 1. The highest BCUT2D eigenvalue weighted by molar-refractivity contribution is 9.10. The molecule has 0 spiro atoms. The monoisotopic (exact) mass is 374 g/mol. The third kappa shape index (κ3) is 3.00. The van der Waals surface area contributed by atoms with Crippen molar-refractivity contribution in [2.75, 3.05) is 0 Å². The van der Waals surface area contributed by atoms with E-state index < -0.39 is 11.6 Å². The summed E-state index contributed by atoms with van der Waals surface area (Å²) in [5.41, 5.74) is 0.106. The molecule has 118 valence electrons. The second kappa shape index (κ2) is 5.79. The second-order valence-electron chi connectivity index (χ2n) is 5.58. The van der Waals surface area contributed by atoms with Crippen LogP contribution in [0.1, 0.15) is 29.3 Å². The van der Waals surface area contributed by atoms with Crippen LogP contribution in [-0.2, 0) is 0 Å². The van der Waals surface area contributed by atoms with Crippen molar-refractivity contribution in [1.29, 1.82) is 0 Å². The molecule has 5 nitrogen and oxygen atoms in total. The minimum absolute atomic E-state index is 0.0812. The Balaban J connectivity index is 1.99. The molecule has 2 aromatic rings. The van der Waals surface area contributed by atoms with Crippen LogP contribution in [0.15, 0.2) is 58.1 Å². The van der Waals surface area contributed by atoms with Crippen molar-refractivity contribution in [3.05, 3.63) is 64.1 Å². The standard InChI is InChI=1S/C17H15BrN2O3/c1-17(23)10-14(11-5-3-2-4-6-11)19-20(17)16(22)13-9-12(18)7-8-15(13)21/h2-9,21,23H,10H2,1H3/t17-/m0/s1. The summed E-state index contributed by atoms with van der Waals surface area (Å²) in [5, 5.41) is 25.8. The van der Waals surface area contributed by atoms with Crippen molar-refractivity contribution in [3.63, 3.8) is 0 Å². The first-order chi connectivity index (χ1) is 10.9. The summed E-state index contributed by atoms with van der Waals surface area (Å²) in [7, 11) is 0. The van der Waals surface area contributed by atoms with Gasteiger partial charge < -0.3 is 10.2 Å². The molecule has 1 aliphatic heterocycles. The Morgan fingerprint density at radius 2 is 1.96 bits per heavy atom. The second-order valence-corrected chi connectivity index (χ2v) is 6.50. The smallest absolute Gasteiger partial charge is 0.280 e. The maximum Gasteiger partial charge on any atom is 0.280 e. The Bertz CT molecular complexity index is 788. The highest BCUT2D eigenvalue weighted by Crippen LogP contribution is 2.32. The van der Waals surface area contributed by atoms with Gasteiger partial charge >= 0.3 is 0 Å². The van der Waals surface area contributed by atoms with E-state index in [-0.39, 0.29) is 17.7 Å². The average molecular weight is 375 g/mol. The summed E-state index contributed by atoms with van der Waals surface area (Å²) in [6, 6.07) is 13.9. The van der Waals surface area contributed by atoms with E-state index in [1.54, 1.807) is 6.07 Å². The van der Waals surface area contributed by atoms with Crippen molar-refractivity contribution in [2.24, 2.45) is 5.10 Å². The summed E-state index contributed by atoms with van der Waals surface area (Å²) in [6.45, 7) is 1.53. The first-order valence-electron chi connectivity index (χ1n) is 7.07. The molecule has 3 rings (SSSR count). The van der Waals surface area contributed by atoms with Crippen LogP contribution in [-0.4, -0.2) is 32.6 Å². The fourth-order valence-electron chi connectivity index (χ4n) is 2.50. The van der Waals surface area contributed by atoms with Crippen LogP contribution in [0.4, 0.5) is 0 Å². The van der Waals surface area contributed by atoms with Gasteiger partial charge in [0, 0.05) is 10.9 Å². The van der Waals surface area contributed by atoms with Crippen LogP contribution in [0.2, 0.25) is 0 Å². The van der Waals surface area contributed by atoms with Crippen LogP contribution in [0.25, 0.3) is 0 Å². The van der Waals surface area contributed by atoms with Crippen molar-refractivity contribution < 1.29 is 15.0 Å². The zero-order valence-electron chi connectivity index (χ0n) is 12.4. The predicted octanol–water partition coefficient (Wildman–Crippen LogP) is 3.11. The van der Waals surface area contributed by atoms with Gasteiger partial charge in [-0.3, -0.25) is 4.79 Å². The fourth-order valence-corrected chi connectivity index (χ4v) is 2.87. The molecule has 0 fully saturated rings. The van der Waals surface area contributed by atoms with Crippen LogP contribution < -0.4 is 0 Å². The number of phenolic OH excluding ortho intramolecular Hbond substituents is 1. The zero-order chi connectivity index (χ0) is 16.6. The number of hydrogen-bond donors (Lipinski definition) is 2. The van der Waals surface area contributed by atoms with Gasteiger partial charge in [0.05, 0.1) is 11.3 Å². The van der Waals surface area contributed by atoms with Crippen LogP contribution in [0, 0.1) is 0 Å². The lowest BCUT2D eigenvalue weighted by molar-refractivity contribution is -0.0554. The number of halogens is 1. The number of rotatable bonds is 2. The summed E-state index contributed by atoms with van der Waals surface area (Å²) < 4.78 is 0.657. The summed E-state index contributed by atoms with van der Waals surface area (Å²) in [5.74, 6) is -0.711. The van der Waals surface area contributed by atoms with Gasteiger partial charge in [0.15, 0.2) is 5.72 Å². The molecule has 2 N–H and O–H groups in total. The predicted molar refractivity (Wildman–Crippen MR) is 90.2 cm³/mol. The van der Waals surface area contributed by atoms with E-state index in [0.717, 1.165) is 10.6 Å². The van der Waals surface area contributed by atoms with E-state index in [0.29, 0.717) is 10.2 Å². The lowest BCUT2D eigenvalue weighted by atomic mass is 10.0. The van der Waals surface area contributed by atoms with Crippen LogP contribution in [0.5, 0.6) is 5.75 Å². The molecule has 1 amide bonds. The third-order valence-corrected chi connectivity index (χ3v) is 4.16. The highest BCUT2D eigenvalue weighted by Gasteiger charge is 2.41. The molecule has 1 atom stereocenters. The van der Waals surface area contributed by atoms with Gasteiger partial charge in [0.2, 0.25) is 0 Å². The molecular formula is C17H15BrN2O3. The van der Waals surface area contributed by atoms with E-state index in [2.05, 4.69) is 21.0 Å². The van der Waals surface area contributed by atoms with Gasteiger partial charge in [-0.25, -0.2) is 0 Å². The molecule has 0 unspecified atom stereocenters. The Labute approximate surface area is 142 Å². The minimum atomic E-state index is -1.45. The number of nitrogens with zero attached hydrogens (tertiary/aromatic N) is 2. The number of benzene rings is 2. The highest BCUT2D eigenvalue weighted by atomic mass is 79.9. The molecule has 6 heteroatoms. The number of carbonyl (C=O) groups is 1. The molecule has 1 heterocycles. The van der Waals surface area contributed by atoms with Gasteiger partial charge in [0.25, 0.3) is 5.91 Å². The van der Waals surface area contributed by atoms with Gasteiger partial charge in [-0.15, -0.1) is 0 Å². The van der Waals surface area contributed by atoms with Gasteiger partial charge in [-0.1, -0.05) is 46.3 Å². The quantitative estimate of drug-likeness (QED) is 0.847. The zero-order valence-corrected chi connectivity index (χ0v) is 14.0. The molecule has 0 saturated carbocycles. The van der Waals surface area contributed by atoms with E-state index in [9.17, 15) is 15.0 Å². The third-order valence-electron chi connectivity index (χ3n) is 3.67. The summed E-state index contributed by atoms with van der Waals surface area (Å²) in [4.78, 5) is 12.7.